The molecule has 2 fully saturated rings. The highest BCUT2D eigenvalue weighted by Crippen LogP contribution is 2.32. The van der Waals surface area contributed by atoms with Crippen molar-refractivity contribution in [2.75, 3.05) is 6.61 Å². The van der Waals surface area contributed by atoms with Gasteiger partial charge in [-0.25, -0.2) is 14.5 Å². The van der Waals surface area contributed by atoms with Crippen molar-refractivity contribution in [2.24, 2.45) is 0 Å². The summed E-state index contributed by atoms with van der Waals surface area (Å²) in [5.41, 5.74) is 2.47. The van der Waals surface area contributed by atoms with Crippen LogP contribution in [0.4, 0.5) is 4.79 Å². The zero-order valence-corrected chi connectivity index (χ0v) is 19.1. The summed E-state index contributed by atoms with van der Waals surface area (Å²) >= 11 is 0. The van der Waals surface area contributed by atoms with Gasteiger partial charge in [0.15, 0.2) is 12.4 Å². The zero-order chi connectivity index (χ0) is 23.9. The standard InChI is InChI=1S/C27H29NO6/c29-24(22-13-11-21(12-14-22)20-9-5-2-6-10-20)18-33-26(31)23-15-16-25(30)28(23)27(32)34-17-19-7-3-1-4-8-19/h1,3-4,7-8,11-14,20,23H,2,5-6,9-10,15-18H2/t23-/m0/s1. The Labute approximate surface area is 199 Å². The van der Waals surface area contributed by atoms with Gasteiger partial charge in [-0.05, 0) is 36.3 Å². The maximum absolute atomic E-state index is 12.6. The second-order valence-corrected chi connectivity index (χ2v) is 8.85. The number of amides is 2. The second-order valence-electron chi connectivity index (χ2n) is 8.85. The average Bonchev–Trinajstić information content (AvgIpc) is 3.28. The van der Waals surface area contributed by atoms with E-state index in [4.69, 9.17) is 9.47 Å². The number of rotatable bonds is 7. The van der Waals surface area contributed by atoms with Crippen molar-refractivity contribution in [3.8, 4) is 0 Å². The van der Waals surface area contributed by atoms with Gasteiger partial charge < -0.3 is 9.47 Å². The number of imide groups is 1. The second kappa shape index (κ2) is 11.1. The first-order chi connectivity index (χ1) is 16.5. The van der Waals surface area contributed by atoms with Crippen molar-refractivity contribution >= 4 is 23.8 Å². The molecule has 1 heterocycles. The number of nitrogens with zero attached hydrogens (tertiary/aromatic N) is 1. The van der Waals surface area contributed by atoms with Crippen LogP contribution in [-0.4, -0.2) is 41.3 Å². The molecule has 2 amide bonds. The van der Waals surface area contributed by atoms with E-state index in [1.165, 1.54) is 37.7 Å². The highest BCUT2D eigenvalue weighted by molar-refractivity contribution is 6.01. The maximum atomic E-state index is 12.6. The zero-order valence-electron chi connectivity index (χ0n) is 19.1. The van der Waals surface area contributed by atoms with E-state index < -0.39 is 30.6 Å². The fraction of sp³-hybridized carbons (Fsp3) is 0.407. The highest BCUT2D eigenvalue weighted by Gasteiger charge is 2.42. The van der Waals surface area contributed by atoms with Gasteiger partial charge in [-0.1, -0.05) is 73.9 Å². The van der Waals surface area contributed by atoms with Gasteiger partial charge in [0.2, 0.25) is 5.91 Å². The van der Waals surface area contributed by atoms with Gasteiger partial charge in [-0.15, -0.1) is 0 Å². The molecule has 0 aromatic heterocycles. The largest absolute Gasteiger partial charge is 0.456 e. The number of Topliss-reactive ketones (excluding diaryl/α,β-unsaturated/α-hetero) is 1. The maximum Gasteiger partial charge on any atom is 0.417 e. The number of hydrogen-bond acceptors (Lipinski definition) is 6. The van der Waals surface area contributed by atoms with E-state index in [9.17, 15) is 19.2 Å². The lowest BCUT2D eigenvalue weighted by atomic mass is 9.84. The van der Waals surface area contributed by atoms with Crippen LogP contribution in [0, 0.1) is 0 Å². The first-order valence-corrected chi connectivity index (χ1v) is 11.9. The van der Waals surface area contributed by atoms with Crippen LogP contribution in [0.5, 0.6) is 0 Å². The minimum atomic E-state index is -1.09. The number of ether oxygens (including phenoxy) is 2. The first kappa shape index (κ1) is 23.7. The molecule has 7 heteroatoms. The fourth-order valence-corrected chi connectivity index (χ4v) is 4.62. The minimum Gasteiger partial charge on any atom is -0.456 e. The van der Waals surface area contributed by atoms with Crippen LogP contribution in [0.2, 0.25) is 0 Å². The molecule has 2 aliphatic rings. The fourth-order valence-electron chi connectivity index (χ4n) is 4.62. The third-order valence-electron chi connectivity index (χ3n) is 6.54. The Hall–Kier alpha value is -3.48. The molecule has 1 atom stereocenters. The van der Waals surface area contributed by atoms with Gasteiger partial charge in [0.25, 0.3) is 0 Å². The summed E-state index contributed by atoms with van der Waals surface area (Å²) in [6.07, 6.45) is 5.40. The molecule has 2 aromatic carbocycles. The molecule has 7 nitrogen and oxygen atoms in total. The van der Waals surface area contributed by atoms with E-state index in [1.54, 1.807) is 24.3 Å². The summed E-state index contributed by atoms with van der Waals surface area (Å²) in [6.45, 7) is -0.459. The molecule has 2 aromatic rings. The molecular formula is C27H29NO6. The molecule has 0 N–H and O–H groups in total. The van der Waals surface area contributed by atoms with Crippen molar-refractivity contribution in [2.45, 2.75) is 63.5 Å². The molecular weight excluding hydrogens is 434 g/mol. The number of hydrogen-bond donors (Lipinski definition) is 0. The normalized spacial score (nSPS) is 18.5. The number of benzene rings is 2. The summed E-state index contributed by atoms with van der Waals surface area (Å²) in [6, 6.07) is 15.5. The Morgan fingerprint density at radius 1 is 0.853 bits per heavy atom. The SMILES string of the molecule is O=C(COC(=O)[C@@H]1CCC(=O)N1C(=O)OCc1ccccc1)c1ccc(C2CCCCC2)cc1. The molecule has 4 rings (SSSR count). The Balaban J connectivity index is 1.30. The van der Waals surface area contributed by atoms with Crippen molar-refractivity contribution in [1.29, 1.82) is 0 Å². The summed E-state index contributed by atoms with van der Waals surface area (Å²) in [5.74, 6) is -1.06. The molecule has 0 spiro atoms. The molecule has 1 saturated heterocycles. The van der Waals surface area contributed by atoms with Crippen LogP contribution in [0.1, 0.15) is 72.3 Å². The highest BCUT2D eigenvalue weighted by atomic mass is 16.6. The summed E-state index contributed by atoms with van der Waals surface area (Å²) in [4.78, 5) is 50.6. The summed E-state index contributed by atoms with van der Waals surface area (Å²) in [5, 5.41) is 0. The van der Waals surface area contributed by atoms with Crippen LogP contribution < -0.4 is 0 Å². The molecule has 34 heavy (non-hydrogen) atoms. The predicted molar refractivity (Wildman–Crippen MR) is 124 cm³/mol. The lowest BCUT2D eigenvalue weighted by Crippen LogP contribution is -2.44. The molecule has 0 bridgehead atoms. The minimum absolute atomic E-state index is 0.0133. The molecule has 1 saturated carbocycles. The van der Waals surface area contributed by atoms with E-state index in [1.807, 2.05) is 30.3 Å². The third kappa shape index (κ3) is 5.71. The Morgan fingerprint density at radius 2 is 1.56 bits per heavy atom. The predicted octanol–water partition coefficient (Wildman–Crippen LogP) is 4.79. The van der Waals surface area contributed by atoms with Gasteiger partial charge >= 0.3 is 12.1 Å². The topological polar surface area (TPSA) is 90.0 Å². The van der Waals surface area contributed by atoms with Gasteiger partial charge in [0, 0.05) is 12.0 Å². The monoisotopic (exact) mass is 463 g/mol. The average molecular weight is 464 g/mol. The van der Waals surface area contributed by atoms with Crippen LogP contribution in [0.15, 0.2) is 54.6 Å². The number of ketones is 1. The van der Waals surface area contributed by atoms with Crippen molar-refractivity contribution in [3.05, 3.63) is 71.3 Å². The van der Waals surface area contributed by atoms with Crippen molar-refractivity contribution in [1.82, 2.24) is 4.90 Å². The van der Waals surface area contributed by atoms with Crippen LogP contribution in [-0.2, 0) is 25.7 Å². The summed E-state index contributed by atoms with van der Waals surface area (Å²) in [7, 11) is 0. The number of carbonyl (C=O) groups is 4. The van der Waals surface area contributed by atoms with E-state index in [0.29, 0.717) is 11.5 Å². The number of carbonyl (C=O) groups excluding carboxylic acids is 4. The smallest absolute Gasteiger partial charge is 0.417 e. The molecule has 0 radical (unpaired) electrons. The molecule has 1 aliphatic carbocycles. The van der Waals surface area contributed by atoms with Gasteiger partial charge in [-0.3, -0.25) is 9.59 Å². The molecule has 1 aliphatic heterocycles. The quantitative estimate of drug-likeness (QED) is 0.433. The Kier molecular flexibility index (Phi) is 7.72. The van der Waals surface area contributed by atoms with Gasteiger partial charge in [0.05, 0.1) is 0 Å². The number of likely N-dealkylation sites (tertiary alicyclic amines) is 1. The van der Waals surface area contributed by atoms with Crippen LogP contribution in [0.25, 0.3) is 0 Å². The molecule has 178 valence electrons. The third-order valence-corrected chi connectivity index (χ3v) is 6.54. The van der Waals surface area contributed by atoms with Crippen molar-refractivity contribution < 1.29 is 28.7 Å². The lowest BCUT2D eigenvalue weighted by Gasteiger charge is -2.22. The number of esters is 1. The van der Waals surface area contributed by atoms with Gasteiger partial charge in [-0.2, -0.15) is 0 Å². The van der Waals surface area contributed by atoms with Crippen LogP contribution >= 0.6 is 0 Å². The Bertz CT molecular complexity index is 1030. The van der Waals surface area contributed by atoms with Gasteiger partial charge in [0.1, 0.15) is 12.6 Å². The van der Waals surface area contributed by atoms with E-state index >= 15 is 0 Å². The van der Waals surface area contributed by atoms with Crippen LogP contribution in [0.3, 0.4) is 0 Å². The lowest BCUT2D eigenvalue weighted by molar-refractivity contribution is -0.149. The van der Waals surface area contributed by atoms with E-state index in [-0.39, 0.29) is 25.2 Å². The Morgan fingerprint density at radius 3 is 2.26 bits per heavy atom. The van der Waals surface area contributed by atoms with Crippen molar-refractivity contribution in [3.63, 3.8) is 0 Å². The van der Waals surface area contributed by atoms with E-state index in [0.717, 1.165) is 10.5 Å². The van der Waals surface area contributed by atoms with E-state index in [2.05, 4.69) is 0 Å². The molecule has 0 unspecified atom stereocenters. The first-order valence-electron chi connectivity index (χ1n) is 11.9. The summed E-state index contributed by atoms with van der Waals surface area (Å²) < 4.78 is 10.4.